The van der Waals surface area contributed by atoms with E-state index >= 15 is 0 Å². The van der Waals surface area contributed by atoms with Crippen LogP contribution in [0.15, 0.2) is 18.2 Å². The minimum Gasteiger partial charge on any atom is -0.396 e. The van der Waals surface area contributed by atoms with Crippen LogP contribution in [-0.4, -0.2) is 11.7 Å². The second-order valence-electron chi connectivity index (χ2n) is 2.79. The zero-order chi connectivity index (χ0) is 10.8. The summed E-state index contributed by atoms with van der Waals surface area (Å²) in [6.45, 7) is -0.109. The number of rotatable bonds is 2. The van der Waals surface area contributed by atoms with E-state index in [0.29, 0.717) is 12.0 Å². The van der Waals surface area contributed by atoms with Crippen molar-refractivity contribution in [3.63, 3.8) is 0 Å². The van der Waals surface area contributed by atoms with Gasteiger partial charge in [-0.05, 0) is 24.1 Å². The third kappa shape index (κ3) is 2.62. The number of hydrogen-bond acceptors (Lipinski definition) is 1. The predicted octanol–water partition coefficient (Wildman–Crippen LogP) is 2.89. The first-order valence-corrected chi connectivity index (χ1v) is 4.29. The van der Waals surface area contributed by atoms with E-state index < -0.39 is 11.7 Å². The third-order valence-corrected chi connectivity index (χ3v) is 2.05. The van der Waals surface area contributed by atoms with Gasteiger partial charge in [0.2, 0.25) is 0 Å². The number of alkyl halides is 3. The Morgan fingerprint density at radius 1 is 1.29 bits per heavy atom. The summed E-state index contributed by atoms with van der Waals surface area (Å²) in [5.74, 6) is 0. The van der Waals surface area contributed by atoms with Gasteiger partial charge < -0.3 is 5.11 Å². The third-order valence-electron chi connectivity index (χ3n) is 1.74. The van der Waals surface area contributed by atoms with E-state index in [4.69, 9.17) is 16.7 Å². The summed E-state index contributed by atoms with van der Waals surface area (Å²) in [6, 6.07) is 3.46. The van der Waals surface area contributed by atoms with Gasteiger partial charge in [0.05, 0.1) is 10.6 Å². The molecule has 1 nitrogen and oxygen atoms in total. The Morgan fingerprint density at radius 2 is 1.93 bits per heavy atom. The number of halogens is 4. The Bertz CT molecular complexity index is 322. The highest BCUT2D eigenvalue weighted by molar-refractivity contribution is 6.31. The standard InChI is InChI=1S/C9H8ClF3O/c10-8-5-6(3-4-14)1-2-7(8)9(11,12)13/h1-2,5,14H,3-4H2. The van der Waals surface area contributed by atoms with Crippen molar-refractivity contribution in [2.75, 3.05) is 6.61 Å². The van der Waals surface area contributed by atoms with Crippen molar-refractivity contribution in [3.05, 3.63) is 34.3 Å². The van der Waals surface area contributed by atoms with Crippen molar-refractivity contribution < 1.29 is 18.3 Å². The van der Waals surface area contributed by atoms with Crippen LogP contribution in [0.5, 0.6) is 0 Å². The second kappa shape index (κ2) is 4.19. The van der Waals surface area contributed by atoms with Gasteiger partial charge in [-0.15, -0.1) is 0 Å². The fourth-order valence-electron chi connectivity index (χ4n) is 1.07. The fraction of sp³-hybridized carbons (Fsp3) is 0.333. The van der Waals surface area contributed by atoms with Gasteiger partial charge in [-0.25, -0.2) is 0 Å². The maximum Gasteiger partial charge on any atom is 0.417 e. The maximum atomic E-state index is 12.2. The molecule has 0 amide bonds. The lowest BCUT2D eigenvalue weighted by Gasteiger charge is -2.09. The highest BCUT2D eigenvalue weighted by Crippen LogP contribution is 2.34. The summed E-state index contributed by atoms with van der Waals surface area (Å²) in [5, 5.41) is 8.24. The molecular formula is C9H8ClF3O. The Balaban J connectivity index is 3.02. The molecule has 0 radical (unpaired) electrons. The van der Waals surface area contributed by atoms with Crippen LogP contribution in [0.1, 0.15) is 11.1 Å². The lowest BCUT2D eigenvalue weighted by molar-refractivity contribution is -0.137. The smallest absolute Gasteiger partial charge is 0.396 e. The molecular weight excluding hydrogens is 217 g/mol. The first kappa shape index (κ1) is 11.3. The van der Waals surface area contributed by atoms with Crippen LogP contribution in [0.2, 0.25) is 5.02 Å². The molecule has 0 unspecified atom stereocenters. The van der Waals surface area contributed by atoms with E-state index in [-0.39, 0.29) is 11.6 Å². The van der Waals surface area contributed by atoms with E-state index in [9.17, 15) is 13.2 Å². The Kier molecular flexibility index (Phi) is 3.39. The average Bonchev–Trinajstić information content (AvgIpc) is 2.02. The topological polar surface area (TPSA) is 20.2 Å². The lowest BCUT2D eigenvalue weighted by Crippen LogP contribution is -2.06. The van der Waals surface area contributed by atoms with Gasteiger partial charge in [0.25, 0.3) is 0 Å². The van der Waals surface area contributed by atoms with E-state index in [2.05, 4.69) is 0 Å². The Hall–Kier alpha value is -0.740. The first-order valence-electron chi connectivity index (χ1n) is 3.91. The molecule has 0 heterocycles. The molecule has 0 bridgehead atoms. The molecule has 1 N–H and O–H groups in total. The number of hydrogen-bond donors (Lipinski definition) is 1. The van der Waals surface area contributed by atoms with E-state index in [1.54, 1.807) is 0 Å². The van der Waals surface area contributed by atoms with E-state index in [1.165, 1.54) is 12.1 Å². The van der Waals surface area contributed by atoms with Crippen molar-refractivity contribution in [2.45, 2.75) is 12.6 Å². The molecule has 0 aliphatic rings. The molecule has 1 rings (SSSR count). The molecule has 78 valence electrons. The minimum atomic E-state index is -4.42. The first-order chi connectivity index (χ1) is 6.45. The van der Waals surface area contributed by atoms with Crippen LogP contribution >= 0.6 is 11.6 Å². The molecule has 0 aliphatic carbocycles. The average molecular weight is 225 g/mol. The van der Waals surface area contributed by atoms with Crippen LogP contribution in [0.3, 0.4) is 0 Å². The largest absolute Gasteiger partial charge is 0.417 e. The van der Waals surface area contributed by atoms with E-state index in [0.717, 1.165) is 6.07 Å². The number of aliphatic hydroxyl groups is 1. The monoisotopic (exact) mass is 224 g/mol. The van der Waals surface area contributed by atoms with Crippen molar-refractivity contribution in [2.24, 2.45) is 0 Å². The van der Waals surface area contributed by atoms with Gasteiger partial charge in [-0.3, -0.25) is 0 Å². The molecule has 0 atom stereocenters. The molecule has 5 heteroatoms. The summed E-state index contributed by atoms with van der Waals surface area (Å²) in [6.07, 6.45) is -4.12. The predicted molar refractivity (Wildman–Crippen MR) is 47.2 cm³/mol. The van der Waals surface area contributed by atoms with Crippen LogP contribution < -0.4 is 0 Å². The lowest BCUT2D eigenvalue weighted by atomic mass is 10.1. The molecule has 14 heavy (non-hydrogen) atoms. The van der Waals surface area contributed by atoms with Gasteiger partial charge in [-0.2, -0.15) is 13.2 Å². The van der Waals surface area contributed by atoms with Gasteiger partial charge in [0, 0.05) is 6.61 Å². The quantitative estimate of drug-likeness (QED) is 0.819. The second-order valence-corrected chi connectivity index (χ2v) is 3.19. The van der Waals surface area contributed by atoms with Crippen molar-refractivity contribution in [1.29, 1.82) is 0 Å². The van der Waals surface area contributed by atoms with Gasteiger partial charge in [-0.1, -0.05) is 17.7 Å². The molecule has 0 saturated carbocycles. The summed E-state index contributed by atoms with van der Waals surface area (Å²) < 4.78 is 36.7. The van der Waals surface area contributed by atoms with Crippen molar-refractivity contribution in [1.82, 2.24) is 0 Å². The molecule has 1 aromatic carbocycles. The minimum absolute atomic E-state index is 0.109. The summed E-state index contributed by atoms with van der Waals surface area (Å²) in [4.78, 5) is 0. The zero-order valence-corrected chi connectivity index (χ0v) is 7.86. The van der Waals surface area contributed by atoms with Gasteiger partial charge in [0.1, 0.15) is 0 Å². The molecule has 0 aliphatic heterocycles. The van der Waals surface area contributed by atoms with Crippen molar-refractivity contribution >= 4 is 11.6 Å². The highest BCUT2D eigenvalue weighted by Gasteiger charge is 2.32. The summed E-state index contributed by atoms with van der Waals surface area (Å²) >= 11 is 5.45. The Labute approximate surface area is 84.1 Å². The van der Waals surface area contributed by atoms with Gasteiger partial charge in [0.15, 0.2) is 0 Å². The highest BCUT2D eigenvalue weighted by atomic mass is 35.5. The number of aliphatic hydroxyl groups excluding tert-OH is 1. The van der Waals surface area contributed by atoms with E-state index in [1.807, 2.05) is 0 Å². The van der Waals surface area contributed by atoms with Crippen molar-refractivity contribution in [3.8, 4) is 0 Å². The SMILES string of the molecule is OCCc1ccc(C(F)(F)F)c(Cl)c1. The maximum absolute atomic E-state index is 12.2. The molecule has 0 spiro atoms. The van der Waals surface area contributed by atoms with Crippen LogP contribution in [0.25, 0.3) is 0 Å². The fourth-order valence-corrected chi connectivity index (χ4v) is 1.38. The van der Waals surface area contributed by atoms with Crippen LogP contribution in [0, 0.1) is 0 Å². The molecule has 1 aromatic rings. The molecule has 0 aromatic heterocycles. The zero-order valence-electron chi connectivity index (χ0n) is 7.11. The normalized spacial score (nSPS) is 11.8. The van der Waals surface area contributed by atoms with Crippen LogP contribution in [-0.2, 0) is 12.6 Å². The Morgan fingerprint density at radius 3 is 2.36 bits per heavy atom. The summed E-state index contributed by atoms with van der Waals surface area (Å²) in [7, 11) is 0. The summed E-state index contributed by atoms with van der Waals surface area (Å²) in [5.41, 5.74) is -0.258. The molecule has 0 fully saturated rings. The molecule has 0 saturated heterocycles. The van der Waals surface area contributed by atoms with Crippen LogP contribution in [0.4, 0.5) is 13.2 Å². The van der Waals surface area contributed by atoms with Gasteiger partial charge >= 0.3 is 6.18 Å². The number of benzene rings is 1.